The summed E-state index contributed by atoms with van der Waals surface area (Å²) < 4.78 is 40.7. The first-order valence-corrected chi connectivity index (χ1v) is 10.1. The van der Waals surface area contributed by atoms with Crippen LogP contribution in [0.5, 0.6) is 0 Å². The first-order valence-electron chi connectivity index (χ1n) is 10.1. The van der Waals surface area contributed by atoms with Gasteiger partial charge in [-0.25, -0.2) is 13.2 Å². The fourth-order valence-electron chi connectivity index (χ4n) is 3.98. The van der Waals surface area contributed by atoms with E-state index in [4.69, 9.17) is 0 Å². The monoisotopic (exact) mass is 426 g/mol. The fourth-order valence-corrected chi connectivity index (χ4v) is 3.98. The van der Waals surface area contributed by atoms with Crippen LogP contribution in [-0.2, 0) is 11.2 Å². The van der Waals surface area contributed by atoms with E-state index in [0.29, 0.717) is 48.1 Å². The first-order chi connectivity index (χ1) is 14.8. The molecule has 2 heterocycles. The number of carbonyl (C=O) groups excluding carboxylic acids is 1. The van der Waals surface area contributed by atoms with Gasteiger partial charge in [-0.15, -0.1) is 0 Å². The highest BCUT2D eigenvalue weighted by atomic mass is 19.1. The maximum atomic E-state index is 14.0. The van der Waals surface area contributed by atoms with Crippen molar-refractivity contribution in [3.05, 3.63) is 87.1 Å². The summed E-state index contributed by atoms with van der Waals surface area (Å²) in [7, 11) is 0. The number of aromatic nitrogens is 1. The van der Waals surface area contributed by atoms with Crippen LogP contribution < -0.4 is 5.56 Å². The van der Waals surface area contributed by atoms with Gasteiger partial charge in [0.25, 0.3) is 5.56 Å². The van der Waals surface area contributed by atoms with Gasteiger partial charge in [0.1, 0.15) is 17.5 Å². The van der Waals surface area contributed by atoms with Gasteiger partial charge < -0.3 is 9.88 Å². The van der Waals surface area contributed by atoms with Crippen LogP contribution in [0.1, 0.15) is 29.7 Å². The summed E-state index contributed by atoms with van der Waals surface area (Å²) in [5.74, 6) is -1.77. The molecule has 1 aliphatic rings. The zero-order valence-corrected chi connectivity index (χ0v) is 17.0. The highest BCUT2D eigenvalue weighted by Crippen LogP contribution is 2.26. The summed E-state index contributed by atoms with van der Waals surface area (Å²) in [6.45, 7) is 2.52. The molecule has 4 rings (SSSR count). The Balaban J connectivity index is 1.43. The van der Waals surface area contributed by atoms with E-state index < -0.39 is 17.5 Å². The third kappa shape index (κ3) is 4.40. The van der Waals surface area contributed by atoms with Crippen LogP contribution in [-0.4, -0.2) is 28.9 Å². The average Bonchev–Trinajstić information content (AvgIpc) is 2.73. The van der Waals surface area contributed by atoms with E-state index in [-0.39, 0.29) is 23.3 Å². The Morgan fingerprint density at radius 2 is 1.87 bits per heavy atom. The van der Waals surface area contributed by atoms with Gasteiger partial charge in [-0.3, -0.25) is 9.59 Å². The third-order valence-electron chi connectivity index (χ3n) is 5.64. The number of aromatic amines is 1. The zero-order chi connectivity index (χ0) is 22.1. The van der Waals surface area contributed by atoms with E-state index in [9.17, 15) is 22.8 Å². The molecule has 0 bridgehead atoms. The molecule has 31 heavy (non-hydrogen) atoms. The van der Waals surface area contributed by atoms with Crippen molar-refractivity contribution < 1.29 is 18.0 Å². The second kappa shape index (κ2) is 8.41. The maximum Gasteiger partial charge on any atom is 0.256 e. The van der Waals surface area contributed by atoms with Gasteiger partial charge in [-0.05, 0) is 66.6 Å². The number of rotatable bonds is 4. The molecule has 1 aromatic heterocycles. The van der Waals surface area contributed by atoms with Crippen LogP contribution in [0.15, 0.2) is 47.3 Å². The number of hydrogen-bond acceptors (Lipinski definition) is 2. The molecule has 0 saturated heterocycles. The number of pyridine rings is 1. The minimum absolute atomic E-state index is 0.0772. The molecule has 0 spiro atoms. The van der Waals surface area contributed by atoms with Gasteiger partial charge in [0.05, 0.1) is 5.39 Å². The standard InChI is InChI=1S/C24H21F3N2O2/c1-14-10-17(26)11-21-20(14)13-18(28-24(21)31)3-5-23(30)29-8-6-15(7-9-29)19-4-2-16(25)12-22(19)27/h2,4,6,10-13H,3,5,7-9H2,1H3,(H,28,31). The Labute approximate surface area is 177 Å². The Hall–Kier alpha value is -3.35. The number of aryl methyl sites for hydroxylation is 2. The van der Waals surface area contributed by atoms with E-state index in [1.807, 2.05) is 0 Å². The molecular weight excluding hydrogens is 405 g/mol. The molecule has 1 amide bonds. The van der Waals surface area contributed by atoms with Gasteiger partial charge >= 0.3 is 0 Å². The highest BCUT2D eigenvalue weighted by Gasteiger charge is 2.20. The van der Waals surface area contributed by atoms with E-state index in [1.54, 1.807) is 24.0 Å². The molecule has 0 unspecified atom stereocenters. The topological polar surface area (TPSA) is 53.2 Å². The van der Waals surface area contributed by atoms with Crippen molar-refractivity contribution in [3.8, 4) is 0 Å². The van der Waals surface area contributed by atoms with Crippen molar-refractivity contribution in [1.82, 2.24) is 9.88 Å². The Morgan fingerprint density at radius 3 is 2.58 bits per heavy atom. The zero-order valence-electron chi connectivity index (χ0n) is 17.0. The summed E-state index contributed by atoms with van der Waals surface area (Å²) >= 11 is 0. The smallest absolute Gasteiger partial charge is 0.256 e. The lowest BCUT2D eigenvalue weighted by atomic mass is 9.98. The van der Waals surface area contributed by atoms with Gasteiger partial charge in [0, 0.05) is 36.8 Å². The number of carbonyl (C=O) groups is 1. The normalized spacial score (nSPS) is 14.1. The number of benzene rings is 2. The molecule has 0 aliphatic carbocycles. The summed E-state index contributed by atoms with van der Waals surface area (Å²) in [4.78, 5) is 29.3. The van der Waals surface area contributed by atoms with E-state index in [1.165, 1.54) is 24.3 Å². The first kappa shape index (κ1) is 20.9. The molecule has 160 valence electrons. The molecule has 4 nitrogen and oxygen atoms in total. The number of fused-ring (bicyclic) bond motifs is 1. The molecule has 7 heteroatoms. The van der Waals surface area contributed by atoms with Crippen LogP contribution in [0.2, 0.25) is 0 Å². The quantitative estimate of drug-likeness (QED) is 0.668. The predicted molar refractivity (Wildman–Crippen MR) is 113 cm³/mol. The van der Waals surface area contributed by atoms with E-state index >= 15 is 0 Å². The number of hydrogen-bond donors (Lipinski definition) is 1. The second-order valence-electron chi connectivity index (χ2n) is 7.75. The number of amides is 1. The SMILES string of the molecule is Cc1cc(F)cc2c(=O)[nH]c(CCC(=O)N3CC=C(c4ccc(F)cc4F)CC3)cc12. The van der Waals surface area contributed by atoms with Gasteiger partial charge in [-0.1, -0.05) is 6.08 Å². The highest BCUT2D eigenvalue weighted by molar-refractivity contribution is 5.85. The fraction of sp³-hybridized carbons (Fsp3) is 0.250. The van der Waals surface area contributed by atoms with E-state index in [0.717, 1.165) is 11.6 Å². The van der Waals surface area contributed by atoms with Crippen molar-refractivity contribution in [3.63, 3.8) is 0 Å². The number of halogens is 3. The molecular formula is C24H21F3N2O2. The lowest BCUT2D eigenvalue weighted by Gasteiger charge is -2.27. The minimum Gasteiger partial charge on any atom is -0.339 e. The lowest BCUT2D eigenvalue weighted by molar-refractivity contribution is -0.130. The van der Waals surface area contributed by atoms with Crippen LogP contribution in [0.3, 0.4) is 0 Å². The molecule has 0 saturated carbocycles. The third-order valence-corrected chi connectivity index (χ3v) is 5.64. The second-order valence-corrected chi connectivity index (χ2v) is 7.75. The molecule has 2 aromatic carbocycles. The minimum atomic E-state index is -0.624. The van der Waals surface area contributed by atoms with E-state index in [2.05, 4.69) is 4.98 Å². The molecule has 3 aromatic rings. The van der Waals surface area contributed by atoms with Crippen LogP contribution in [0, 0.1) is 24.4 Å². The summed E-state index contributed by atoms with van der Waals surface area (Å²) in [6, 6.07) is 7.85. The number of nitrogens with one attached hydrogen (secondary N) is 1. The van der Waals surface area contributed by atoms with Gasteiger partial charge in [0.2, 0.25) is 5.91 Å². The average molecular weight is 426 g/mol. The van der Waals surface area contributed by atoms with Crippen molar-refractivity contribution in [1.29, 1.82) is 0 Å². The largest absolute Gasteiger partial charge is 0.339 e. The molecule has 1 aliphatic heterocycles. The summed E-state index contributed by atoms with van der Waals surface area (Å²) in [5, 5.41) is 0.953. The van der Waals surface area contributed by atoms with Crippen molar-refractivity contribution in [2.24, 2.45) is 0 Å². The van der Waals surface area contributed by atoms with Crippen molar-refractivity contribution in [2.75, 3.05) is 13.1 Å². The van der Waals surface area contributed by atoms with Gasteiger partial charge in [-0.2, -0.15) is 0 Å². The van der Waals surface area contributed by atoms with Crippen LogP contribution in [0.4, 0.5) is 13.2 Å². The molecule has 1 N–H and O–H groups in total. The Morgan fingerprint density at radius 1 is 1.06 bits per heavy atom. The number of nitrogens with zero attached hydrogens (tertiary/aromatic N) is 1. The van der Waals surface area contributed by atoms with Crippen molar-refractivity contribution in [2.45, 2.75) is 26.2 Å². The van der Waals surface area contributed by atoms with Gasteiger partial charge in [0.15, 0.2) is 0 Å². The van der Waals surface area contributed by atoms with Crippen LogP contribution >= 0.6 is 0 Å². The molecule has 0 fully saturated rings. The molecule has 0 radical (unpaired) electrons. The number of H-pyrrole nitrogens is 1. The maximum absolute atomic E-state index is 14.0. The Bertz CT molecular complexity index is 1260. The van der Waals surface area contributed by atoms with Crippen molar-refractivity contribution >= 4 is 22.3 Å². The lowest BCUT2D eigenvalue weighted by Crippen LogP contribution is -2.35. The Kier molecular flexibility index (Phi) is 5.67. The summed E-state index contributed by atoms with van der Waals surface area (Å²) in [5.41, 5.74) is 2.00. The molecule has 0 atom stereocenters. The van der Waals surface area contributed by atoms with Crippen LogP contribution in [0.25, 0.3) is 16.3 Å². The summed E-state index contributed by atoms with van der Waals surface area (Å²) in [6.07, 6.45) is 2.82. The predicted octanol–water partition coefficient (Wildman–Crippen LogP) is 4.50.